The minimum absolute atomic E-state index is 0.658. The summed E-state index contributed by atoms with van der Waals surface area (Å²) in [6, 6.07) is 9.64. The number of halogens is 1. The number of aromatic nitrogens is 1. The lowest BCUT2D eigenvalue weighted by Crippen LogP contribution is -2.02. The Hall–Kier alpha value is -1.14. The third-order valence-electron chi connectivity index (χ3n) is 2.71. The molecule has 0 aliphatic carbocycles. The number of hydrogen-bond donors (Lipinski definition) is 1. The highest BCUT2D eigenvalue weighted by molar-refractivity contribution is 14.1. The largest absolute Gasteiger partial charge is 0.492 e. The van der Waals surface area contributed by atoms with Crippen molar-refractivity contribution in [2.45, 2.75) is 19.4 Å². The Balaban J connectivity index is 2.18. The number of nitrogens with zero attached hydrogens (tertiary/aromatic N) is 1. The van der Waals surface area contributed by atoms with E-state index in [1.807, 2.05) is 30.3 Å². The van der Waals surface area contributed by atoms with Crippen molar-refractivity contribution in [3.63, 3.8) is 0 Å². The predicted octanol–water partition coefficient (Wildman–Crippen LogP) is 3.56. The van der Waals surface area contributed by atoms with Gasteiger partial charge < -0.3 is 9.84 Å². The zero-order chi connectivity index (χ0) is 13.7. The second kappa shape index (κ2) is 6.86. The molecule has 0 amide bonds. The molecule has 0 spiro atoms. The molecule has 1 N–H and O–H groups in total. The second-order valence-corrected chi connectivity index (χ2v) is 5.50. The van der Waals surface area contributed by atoms with E-state index >= 15 is 0 Å². The van der Waals surface area contributed by atoms with Crippen molar-refractivity contribution >= 4 is 22.6 Å². The molecule has 1 atom stereocenters. The van der Waals surface area contributed by atoms with Gasteiger partial charge in [-0.25, -0.2) is 0 Å². The van der Waals surface area contributed by atoms with Crippen LogP contribution < -0.4 is 4.74 Å². The highest BCUT2D eigenvalue weighted by Crippen LogP contribution is 2.24. The van der Waals surface area contributed by atoms with Crippen LogP contribution in [-0.2, 0) is 0 Å². The van der Waals surface area contributed by atoms with Gasteiger partial charge in [-0.3, -0.25) is 4.98 Å². The van der Waals surface area contributed by atoms with Crippen molar-refractivity contribution in [1.82, 2.24) is 4.98 Å². The van der Waals surface area contributed by atoms with Crippen LogP contribution >= 0.6 is 22.6 Å². The van der Waals surface area contributed by atoms with Crippen LogP contribution in [0.25, 0.3) is 0 Å². The van der Waals surface area contributed by atoms with Crippen LogP contribution in [0.3, 0.4) is 0 Å². The average Bonchev–Trinajstić information content (AvgIpc) is 2.45. The summed E-state index contributed by atoms with van der Waals surface area (Å²) >= 11 is 2.24. The van der Waals surface area contributed by atoms with Crippen molar-refractivity contribution < 1.29 is 9.84 Å². The van der Waals surface area contributed by atoms with Gasteiger partial charge in [-0.1, -0.05) is 19.1 Å². The lowest BCUT2D eigenvalue weighted by Gasteiger charge is -2.12. The Morgan fingerprint density at radius 3 is 2.63 bits per heavy atom. The molecule has 3 nitrogen and oxygen atoms in total. The summed E-state index contributed by atoms with van der Waals surface area (Å²) in [6.45, 7) is 2.71. The fourth-order valence-electron chi connectivity index (χ4n) is 1.72. The molecule has 1 aromatic carbocycles. The lowest BCUT2D eigenvalue weighted by molar-refractivity contribution is 0.218. The molecule has 2 aromatic rings. The summed E-state index contributed by atoms with van der Waals surface area (Å²) in [6.07, 6.45) is 3.61. The zero-order valence-corrected chi connectivity index (χ0v) is 12.9. The minimum Gasteiger partial charge on any atom is -0.492 e. The molecule has 0 saturated carbocycles. The molecule has 1 heterocycles. The van der Waals surface area contributed by atoms with Crippen molar-refractivity contribution in [3.8, 4) is 5.75 Å². The van der Waals surface area contributed by atoms with E-state index in [0.29, 0.717) is 12.4 Å². The summed E-state index contributed by atoms with van der Waals surface area (Å²) in [5.74, 6) is 0.698. The maximum absolute atomic E-state index is 10.3. The van der Waals surface area contributed by atoms with Crippen molar-refractivity contribution in [1.29, 1.82) is 0 Å². The van der Waals surface area contributed by atoms with E-state index in [0.717, 1.165) is 21.1 Å². The molecule has 100 valence electrons. The number of aliphatic hydroxyl groups excluding tert-OH is 1. The summed E-state index contributed by atoms with van der Waals surface area (Å²) in [4.78, 5) is 4.12. The average molecular weight is 369 g/mol. The first-order valence-corrected chi connectivity index (χ1v) is 7.30. The highest BCUT2D eigenvalue weighted by Gasteiger charge is 2.11. The normalized spacial score (nSPS) is 12.2. The lowest BCUT2D eigenvalue weighted by atomic mass is 10.0. The molecule has 0 bridgehead atoms. The molecule has 2 rings (SSSR count). The molecule has 1 aromatic heterocycles. The predicted molar refractivity (Wildman–Crippen MR) is 83.2 cm³/mol. The summed E-state index contributed by atoms with van der Waals surface area (Å²) in [7, 11) is 0. The van der Waals surface area contributed by atoms with E-state index < -0.39 is 6.10 Å². The van der Waals surface area contributed by atoms with E-state index in [1.54, 1.807) is 12.4 Å². The van der Waals surface area contributed by atoms with Crippen molar-refractivity contribution in [3.05, 3.63) is 57.4 Å². The third-order valence-corrected chi connectivity index (χ3v) is 3.43. The molecule has 19 heavy (non-hydrogen) atoms. The fraction of sp³-hybridized carbons (Fsp3) is 0.267. The van der Waals surface area contributed by atoms with Gasteiger partial charge in [-0.2, -0.15) is 0 Å². The van der Waals surface area contributed by atoms with Crippen LogP contribution in [0.2, 0.25) is 0 Å². The topological polar surface area (TPSA) is 42.4 Å². The highest BCUT2D eigenvalue weighted by atomic mass is 127. The van der Waals surface area contributed by atoms with Crippen molar-refractivity contribution in [2.75, 3.05) is 6.61 Å². The van der Waals surface area contributed by atoms with Gasteiger partial charge in [0.2, 0.25) is 0 Å². The van der Waals surface area contributed by atoms with Crippen LogP contribution in [0.5, 0.6) is 5.75 Å². The first-order valence-electron chi connectivity index (χ1n) is 6.22. The minimum atomic E-state index is -0.672. The van der Waals surface area contributed by atoms with E-state index in [4.69, 9.17) is 4.74 Å². The number of pyridine rings is 1. The Labute approximate surface area is 126 Å². The standard InChI is InChI=1S/C15H16INO2/c1-2-7-19-14-8-12(9-17-10-14)15(18)11-3-5-13(16)6-4-11/h3-6,8-10,15,18H,2,7H2,1H3. The second-order valence-electron chi connectivity index (χ2n) is 4.26. The van der Waals surface area contributed by atoms with Gasteiger partial charge >= 0.3 is 0 Å². The first-order chi connectivity index (χ1) is 9.20. The van der Waals surface area contributed by atoms with Crippen LogP contribution in [0, 0.1) is 3.57 Å². The molecule has 0 fully saturated rings. The Morgan fingerprint density at radius 1 is 1.21 bits per heavy atom. The van der Waals surface area contributed by atoms with Gasteiger partial charge in [0.05, 0.1) is 12.8 Å². The number of benzene rings is 1. The van der Waals surface area contributed by atoms with Gasteiger partial charge in [0.15, 0.2) is 0 Å². The Kier molecular flexibility index (Phi) is 5.15. The Bertz CT molecular complexity index is 528. The monoisotopic (exact) mass is 369 g/mol. The van der Waals surface area contributed by atoms with Crippen LogP contribution in [0.1, 0.15) is 30.6 Å². The molecule has 4 heteroatoms. The zero-order valence-electron chi connectivity index (χ0n) is 10.7. The van der Waals surface area contributed by atoms with Gasteiger partial charge in [-0.05, 0) is 52.8 Å². The smallest absolute Gasteiger partial charge is 0.137 e. The summed E-state index contributed by atoms with van der Waals surface area (Å²) < 4.78 is 6.67. The molecule has 0 radical (unpaired) electrons. The van der Waals surface area contributed by atoms with Gasteiger partial charge in [0, 0.05) is 15.3 Å². The molecular weight excluding hydrogens is 353 g/mol. The number of rotatable bonds is 5. The van der Waals surface area contributed by atoms with E-state index in [-0.39, 0.29) is 0 Å². The maximum atomic E-state index is 10.3. The molecular formula is C15H16INO2. The SMILES string of the molecule is CCCOc1cncc(C(O)c2ccc(I)cc2)c1. The number of hydrogen-bond acceptors (Lipinski definition) is 3. The first kappa shape index (κ1) is 14.3. The molecule has 0 aliphatic heterocycles. The number of ether oxygens (including phenoxy) is 1. The number of aliphatic hydroxyl groups is 1. The van der Waals surface area contributed by atoms with E-state index in [2.05, 4.69) is 34.5 Å². The molecule has 0 saturated heterocycles. The van der Waals surface area contributed by atoms with Crippen LogP contribution in [0.15, 0.2) is 42.7 Å². The van der Waals surface area contributed by atoms with Crippen LogP contribution in [-0.4, -0.2) is 16.7 Å². The van der Waals surface area contributed by atoms with Crippen LogP contribution in [0.4, 0.5) is 0 Å². The third kappa shape index (κ3) is 3.91. The van der Waals surface area contributed by atoms with E-state index in [9.17, 15) is 5.11 Å². The Morgan fingerprint density at radius 2 is 1.95 bits per heavy atom. The fourth-order valence-corrected chi connectivity index (χ4v) is 2.08. The quantitative estimate of drug-likeness (QED) is 0.820. The van der Waals surface area contributed by atoms with Crippen molar-refractivity contribution in [2.24, 2.45) is 0 Å². The summed E-state index contributed by atoms with van der Waals surface area (Å²) in [5.41, 5.74) is 1.60. The summed E-state index contributed by atoms with van der Waals surface area (Å²) in [5, 5.41) is 10.3. The van der Waals surface area contributed by atoms with Gasteiger partial charge in [0.1, 0.15) is 11.9 Å². The maximum Gasteiger partial charge on any atom is 0.137 e. The van der Waals surface area contributed by atoms with Gasteiger partial charge in [0.25, 0.3) is 0 Å². The molecule has 0 aliphatic rings. The molecule has 1 unspecified atom stereocenters. The van der Waals surface area contributed by atoms with Gasteiger partial charge in [-0.15, -0.1) is 0 Å². The van der Waals surface area contributed by atoms with E-state index in [1.165, 1.54) is 0 Å².